The maximum absolute atomic E-state index is 13.6. The van der Waals surface area contributed by atoms with E-state index < -0.39 is 30.3 Å². The first kappa shape index (κ1) is 29.6. The third-order valence-electron chi connectivity index (χ3n) is 5.91. The van der Waals surface area contributed by atoms with Gasteiger partial charge in [0, 0.05) is 24.9 Å². The third kappa shape index (κ3) is 7.45. The Hall–Kier alpha value is -4.33. The fourth-order valence-electron chi connectivity index (χ4n) is 4.18. The quantitative estimate of drug-likeness (QED) is 0.268. The Bertz CT molecular complexity index is 1530. The number of hydrogen-bond donors (Lipinski definition) is 2. The molecule has 1 aromatic carbocycles. The van der Waals surface area contributed by atoms with E-state index in [4.69, 9.17) is 14.0 Å². The number of ether oxygens (including phenoxy) is 2. The number of aromatic nitrogens is 4. The summed E-state index contributed by atoms with van der Waals surface area (Å²) >= 11 is 0. The van der Waals surface area contributed by atoms with Crippen LogP contribution < -0.4 is 10.6 Å². The number of halogens is 3. The van der Waals surface area contributed by atoms with Crippen LogP contribution in [0.25, 0.3) is 22.4 Å². The number of carbonyl (C=O) groups is 2. The minimum absolute atomic E-state index is 0.00329. The largest absolute Gasteiger partial charge is 0.444 e. The van der Waals surface area contributed by atoms with Crippen molar-refractivity contribution in [3.8, 4) is 11.5 Å². The summed E-state index contributed by atoms with van der Waals surface area (Å²) < 4.78 is 59.2. The lowest BCUT2D eigenvalue weighted by atomic mass is 10.2. The maximum atomic E-state index is 13.6. The molecule has 0 bridgehead atoms. The van der Waals surface area contributed by atoms with Crippen molar-refractivity contribution in [3.05, 3.63) is 54.2 Å². The molecule has 0 aliphatic rings. The summed E-state index contributed by atoms with van der Waals surface area (Å²) in [5.41, 5.74) is 0.0949. The Morgan fingerprint density at radius 3 is 2.61 bits per heavy atom. The Balaban J connectivity index is 1.57. The molecule has 0 saturated heterocycles. The number of nitrogens with zero attached hydrogens (tertiary/aromatic N) is 4. The molecule has 41 heavy (non-hydrogen) atoms. The molecule has 3 aromatic heterocycles. The highest BCUT2D eigenvalue weighted by molar-refractivity contribution is 6.01. The van der Waals surface area contributed by atoms with Gasteiger partial charge in [-0.1, -0.05) is 11.2 Å². The van der Waals surface area contributed by atoms with Gasteiger partial charge in [0.15, 0.2) is 0 Å². The van der Waals surface area contributed by atoms with Crippen molar-refractivity contribution < 1.29 is 36.8 Å². The van der Waals surface area contributed by atoms with E-state index in [1.165, 1.54) is 18.2 Å². The molecule has 2 N–H and O–H groups in total. The predicted octanol–water partition coefficient (Wildman–Crippen LogP) is 5.54. The van der Waals surface area contributed by atoms with Crippen molar-refractivity contribution >= 4 is 28.6 Å². The fourth-order valence-corrected chi connectivity index (χ4v) is 4.18. The number of benzene rings is 1. The molecule has 0 aliphatic heterocycles. The van der Waals surface area contributed by atoms with Gasteiger partial charge in [-0.2, -0.15) is 18.2 Å². The van der Waals surface area contributed by atoms with Crippen LogP contribution in [0.4, 0.5) is 23.7 Å². The van der Waals surface area contributed by atoms with Gasteiger partial charge < -0.3 is 28.4 Å². The molecule has 11 nitrogen and oxygen atoms in total. The minimum Gasteiger partial charge on any atom is -0.444 e. The van der Waals surface area contributed by atoms with Crippen LogP contribution in [-0.4, -0.2) is 56.8 Å². The summed E-state index contributed by atoms with van der Waals surface area (Å²) in [5.74, 6) is -0.508. The second-order valence-electron chi connectivity index (χ2n) is 10.4. The molecule has 220 valence electrons. The van der Waals surface area contributed by atoms with E-state index in [0.717, 1.165) is 4.57 Å². The molecular weight excluding hydrogens is 545 g/mol. The van der Waals surface area contributed by atoms with Crippen LogP contribution in [0.2, 0.25) is 0 Å². The number of amides is 2. The van der Waals surface area contributed by atoms with Gasteiger partial charge in [-0.25, -0.2) is 4.79 Å². The number of carbonyl (C=O) groups excluding carboxylic acids is 2. The first-order valence-corrected chi connectivity index (χ1v) is 12.7. The van der Waals surface area contributed by atoms with Crippen LogP contribution in [-0.2, 0) is 22.6 Å². The molecule has 4 rings (SSSR count). The number of anilines is 1. The summed E-state index contributed by atoms with van der Waals surface area (Å²) in [6.07, 6.45) is -1.88. The second kappa shape index (κ2) is 11.6. The van der Waals surface area contributed by atoms with Gasteiger partial charge in [0.2, 0.25) is 11.7 Å². The lowest BCUT2D eigenvalue weighted by Gasteiger charge is -2.20. The van der Waals surface area contributed by atoms with Crippen LogP contribution in [0, 0.1) is 0 Å². The summed E-state index contributed by atoms with van der Waals surface area (Å²) in [6.45, 7) is 6.03. The monoisotopic (exact) mass is 576 g/mol. The van der Waals surface area contributed by atoms with Gasteiger partial charge in [-0.15, -0.1) is 0 Å². The number of hydrogen-bond acceptors (Lipinski definition) is 7. The number of methoxy groups -OCH3 is 1. The Morgan fingerprint density at radius 2 is 1.93 bits per heavy atom. The highest BCUT2D eigenvalue weighted by Gasteiger charge is 2.31. The maximum Gasteiger partial charge on any atom is 0.412 e. The Morgan fingerprint density at radius 1 is 1.17 bits per heavy atom. The summed E-state index contributed by atoms with van der Waals surface area (Å²) in [4.78, 5) is 29.2. The minimum atomic E-state index is -4.56. The van der Waals surface area contributed by atoms with Crippen molar-refractivity contribution in [2.24, 2.45) is 0 Å². The number of nitrogens with one attached hydrogen (secondary N) is 2. The highest BCUT2D eigenvalue weighted by Crippen LogP contribution is 2.34. The fraction of sp³-hybridized carbons (Fsp3) is 0.407. The Kier molecular flexibility index (Phi) is 8.42. The molecule has 0 aliphatic carbocycles. The zero-order valence-corrected chi connectivity index (χ0v) is 23.2. The van der Waals surface area contributed by atoms with Crippen LogP contribution in [0.1, 0.15) is 50.0 Å². The third-order valence-corrected chi connectivity index (χ3v) is 5.91. The van der Waals surface area contributed by atoms with E-state index in [-0.39, 0.29) is 41.2 Å². The molecule has 14 heteroatoms. The first-order valence-electron chi connectivity index (χ1n) is 12.7. The molecule has 0 saturated carbocycles. The van der Waals surface area contributed by atoms with Crippen LogP contribution in [0.3, 0.4) is 0 Å². The van der Waals surface area contributed by atoms with Gasteiger partial charge in [-0.3, -0.25) is 10.1 Å². The Labute approximate surface area is 233 Å². The van der Waals surface area contributed by atoms with Crippen LogP contribution in [0.5, 0.6) is 0 Å². The van der Waals surface area contributed by atoms with E-state index >= 15 is 0 Å². The summed E-state index contributed by atoms with van der Waals surface area (Å²) in [5, 5.41) is 9.43. The van der Waals surface area contributed by atoms with Crippen molar-refractivity contribution in [1.29, 1.82) is 0 Å². The van der Waals surface area contributed by atoms with E-state index in [9.17, 15) is 22.8 Å². The van der Waals surface area contributed by atoms with Gasteiger partial charge >= 0.3 is 12.3 Å². The van der Waals surface area contributed by atoms with Gasteiger partial charge in [-0.05, 0) is 52.0 Å². The molecule has 4 aromatic rings. The smallest absolute Gasteiger partial charge is 0.412 e. The van der Waals surface area contributed by atoms with E-state index in [2.05, 4.69) is 20.8 Å². The van der Waals surface area contributed by atoms with Crippen LogP contribution in [0.15, 0.2) is 47.2 Å². The van der Waals surface area contributed by atoms with Crippen molar-refractivity contribution in [1.82, 2.24) is 24.6 Å². The molecular formula is C27H31F3N6O5. The van der Waals surface area contributed by atoms with E-state index in [1.54, 1.807) is 52.4 Å². The van der Waals surface area contributed by atoms with Crippen molar-refractivity contribution in [2.45, 2.75) is 58.6 Å². The van der Waals surface area contributed by atoms with Gasteiger partial charge in [0.1, 0.15) is 12.1 Å². The molecule has 0 spiro atoms. The lowest BCUT2D eigenvalue weighted by Crippen LogP contribution is -2.27. The average molecular weight is 577 g/mol. The zero-order chi connectivity index (χ0) is 29.9. The van der Waals surface area contributed by atoms with Gasteiger partial charge in [0.05, 0.1) is 41.7 Å². The molecule has 1 unspecified atom stereocenters. The standard InChI is InChI=1S/C27H31F3N6O5/c1-16(14-39-5)35-10-9-17(13-35)24(37)31-12-22-33-23(34-41-22)21-11-18-19(32-25(38)40-26(2,3)4)7-6-8-20(18)36(21)15-27(28,29)30/h6-11,13,16H,12,14-15H2,1-5H3,(H,31,37)(H,32,38). The predicted molar refractivity (Wildman–Crippen MR) is 143 cm³/mol. The average Bonchev–Trinajstić information content (AvgIpc) is 3.60. The SMILES string of the molecule is COCC(C)n1ccc(C(=O)NCc2nc(-c3cc4c(NC(=O)OC(C)(C)C)cccc4n3CC(F)(F)F)no2)c1. The first-order chi connectivity index (χ1) is 19.2. The molecule has 2 amide bonds. The van der Waals surface area contributed by atoms with Gasteiger partial charge in [0.25, 0.3) is 5.91 Å². The van der Waals surface area contributed by atoms with Crippen molar-refractivity contribution in [2.75, 3.05) is 19.0 Å². The summed E-state index contributed by atoms with van der Waals surface area (Å²) in [6, 6.07) is 7.68. The molecule has 0 fully saturated rings. The van der Waals surface area contributed by atoms with E-state index in [0.29, 0.717) is 17.6 Å². The second-order valence-corrected chi connectivity index (χ2v) is 10.4. The number of fused-ring (bicyclic) bond motifs is 1. The van der Waals surface area contributed by atoms with E-state index in [1.807, 2.05) is 11.5 Å². The molecule has 1 atom stereocenters. The molecule has 3 heterocycles. The molecule has 0 radical (unpaired) electrons. The highest BCUT2D eigenvalue weighted by atomic mass is 19.4. The zero-order valence-electron chi connectivity index (χ0n) is 23.2. The van der Waals surface area contributed by atoms with Crippen LogP contribution >= 0.6 is 0 Å². The normalized spacial score (nSPS) is 12.9. The number of rotatable bonds is 9. The number of alkyl halides is 3. The lowest BCUT2D eigenvalue weighted by molar-refractivity contribution is -0.139. The van der Waals surface area contributed by atoms with Crippen molar-refractivity contribution in [3.63, 3.8) is 0 Å². The summed E-state index contributed by atoms with van der Waals surface area (Å²) in [7, 11) is 1.59. The topological polar surface area (TPSA) is 125 Å².